The molecule has 0 N–H and O–H groups in total. The van der Waals surface area contributed by atoms with Crippen LogP contribution in [0, 0.1) is 0 Å². The summed E-state index contributed by atoms with van der Waals surface area (Å²) in [6, 6.07) is 27.4. The fraction of sp³-hybridized carbons (Fsp3) is 0.0417. The van der Waals surface area contributed by atoms with Gasteiger partial charge in [-0.2, -0.15) is 0 Å². The smallest absolute Gasteiger partial charge is 0.262 e. The lowest BCUT2D eigenvalue weighted by Gasteiger charge is -2.20. The van der Waals surface area contributed by atoms with E-state index in [1.54, 1.807) is 12.0 Å². The first-order valence-electron chi connectivity index (χ1n) is 8.78. The first-order chi connectivity index (χ1) is 13.3. The number of hydrogen-bond acceptors (Lipinski definition) is 2. The highest BCUT2D eigenvalue weighted by Gasteiger charge is 2.30. The van der Waals surface area contributed by atoms with Gasteiger partial charge in [0.25, 0.3) is 5.91 Å². The Morgan fingerprint density at radius 1 is 0.815 bits per heavy atom. The number of benzene rings is 3. The van der Waals surface area contributed by atoms with E-state index in [1.165, 1.54) is 0 Å². The van der Waals surface area contributed by atoms with Gasteiger partial charge in [-0.15, -0.1) is 0 Å². The molecule has 0 aliphatic carbocycles. The summed E-state index contributed by atoms with van der Waals surface area (Å²) in [7, 11) is 1.64. The largest absolute Gasteiger partial charge is 0.497 e. The van der Waals surface area contributed by atoms with Crippen LogP contribution < -0.4 is 9.64 Å². The molecule has 0 unspecified atom stereocenters. The summed E-state index contributed by atoms with van der Waals surface area (Å²) in [5.74, 6) is 0.761. The summed E-state index contributed by atoms with van der Waals surface area (Å²) in [6.07, 6.45) is 3.86. The van der Waals surface area contributed by atoms with Gasteiger partial charge < -0.3 is 4.74 Å². The van der Waals surface area contributed by atoms with Crippen LogP contribution in [0.2, 0.25) is 0 Å². The van der Waals surface area contributed by atoms with Gasteiger partial charge in [-0.3, -0.25) is 9.69 Å². The highest BCUT2D eigenvalue weighted by molar-refractivity contribution is 6.23. The summed E-state index contributed by atoms with van der Waals surface area (Å²) >= 11 is 0. The second-order valence-corrected chi connectivity index (χ2v) is 6.24. The monoisotopic (exact) mass is 353 g/mol. The first kappa shape index (κ1) is 16.9. The molecule has 132 valence electrons. The zero-order valence-electron chi connectivity index (χ0n) is 15.0. The minimum absolute atomic E-state index is 0.0316. The molecule has 0 saturated carbocycles. The maximum Gasteiger partial charge on any atom is 0.262 e. The molecule has 27 heavy (non-hydrogen) atoms. The third-order valence-electron chi connectivity index (χ3n) is 4.51. The molecule has 0 aromatic heterocycles. The number of amides is 1. The van der Waals surface area contributed by atoms with Gasteiger partial charge in [0.1, 0.15) is 5.75 Å². The molecular formula is C24H19NO2. The minimum Gasteiger partial charge on any atom is -0.497 e. The van der Waals surface area contributed by atoms with Crippen LogP contribution in [-0.2, 0) is 4.79 Å². The summed E-state index contributed by atoms with van der Waals surface area (Å²) in [4.78, 5) is 15.0. The van der Waals surface area contributed by atoms with Gasteiger partial charge >= 0.3 is 0 Å². The third-order valence-corrected chi connectivity index (χ3v) is 4.51. The molecule has 3 aromatic rings. The average Bonchev–Trinajstić information content (AvgIpc) is 3.06. The van der Waals surface area contributed by atoms with Crippen molar-refractivity contribution in [3.05, 3.63) is 108 Å². The van der Waals surface area contributed by atoms with E-state index in [-0.39, 0.29) is 5.91 Å². The molecule has 1 aliphatic rings. The fourth-order valence-corrected chi connectivity index (χ4v) is 3.15. The summed E-state index contributed by atoms with van der Waals surface area (Å²) < 4.78 is 5.20. The molecule has 1 aliphatic heterocycles. The van der Waals surface area contributed by atoms with Crippen LogP contribution in [0.1, 0.15) is 11.1 Å². The van der Waals surface area contributed by atoms with Gasteiger partial charge in [-0.25, -0.2) is 0 Å². The average molecular weight is 353 g/mol. The van der Waals surface area contributed by atoms with Crippen LogP contribution in [0.4, 0.5) is 5.69 Å². The van der Waals surface area contributed by atoms with E-state index in [9.17, 15) is 4.79 Å². The lowest BCUT2D eigenvalue weighted by molar-refractivity contribution is -0.113. The van der Waals surface area contributed by atoms with Crippen LogP contribution in [0.15, 0.2) is 96.6 Å². The molecule has 0 atom stereocenters. The second-order valence-electron chi connectivity index (χ2n) is 6.24. The highest BCUT2D eigenvalue weighted by Crippen LogP contribution is 2.35. The molecule has 4 rings (SSSR count). The van der Waals surface area contributed by atoms with E-state index in [0.29, 0.717) is 5.57 Å². The summed E-state index contributed by atoms with van der Waals surface area (Å²) in [5, 5.41) is 0. The molecule has 1 heterocycles. The quantitative estimate of drug-likeness (QED) is 0.606. The van der Waals surface area contributed by atoms with Crippen molar-refractivity contribution >= 4 is 23.4 Å². The van der Waals surface area contributed by atoms with Crippen molar-refractivity contribution in [2.75, 3.05) is 12.0 Å². The lowest BCUT2D eigenvalue weighted by atomic mass is 10.1. The number of nitrogens with zero attached hydrogens (tertiary/aromatic N) is 1. The predicted molar refractivity (Wildman–Crippen MR) is 109 cm³/mol. The van der Waals surface area contributed by atoms with Crippen molar-refractivity contribution in [2.24, 2.45) is 0 Å². The molecular weight excluding hydrogens is 334 g/mol. The van der Waals surface area contributed by atoms with Crippen LogP contribution in [0.3, 0.4) is 0 Å². The van der Waals surface area contributed by atoms with Crippen molar-refractivity contribution in [3.63, 3.8) is 0 Å². The Kier molecular flexibility index (Phi) is 4.58. The van der Waals surface area contributed by atoms with E-state index in [4.69, 9.17) is 4.74 Å². The standard InChI is InChI=1S/C24H19NO2/c1-27-22-14-12-18(13-15-22)16-20-17-23(19-8-4-2-5-9-19)25(24(20)26)21-10-6-3-7-11-21/h2-17H,1H3/b20-16+. The van der Waals surface area contributed by atoms with Crippen LogP contribution in [0.5, 0.6) is 5.75 Å². The van der Waals surface area contributed by atoms with Crippen molar-refractivity contribution in [1.82, 2.24) is 0 Å². The molecule has 1 amide bonds. The van der Waals surface area contributed by atoms with Crippen molar-refractivity contribution in [1.29, 1.82) is 0 Å². The number of rotatable bonds is 4. The number of carbonyl (C=O) groups excluding carboxylic acids is 1. The Morgan fingerprint density at radius 2 is 1.44 bits per heavy atom. The van der Waals surface area contributed by atoms with Gasteiger partial charge in [-0.05, 0) is 47.5 Å². The van der Waals surface area contributed by atoms with Gasteiger partial charge in [0, 0.05) is 11.3 Å². The number of methoxy groups -OCH3 is 1. The number of carbonyl (C=O) groups is 1. The van der Waals surface area contributed by atoms with Crippen molar-refractivity contribution in [2.45, 2.75) is 0 Å². The third kappa shape index (κ3) is 3.40. The predicted octanol–water partition coefficient (Wildman–Crippen LogP) is 5.17. The SMILES string of the molecule is COc1ccc(/C=C2\C=C(c3ccccc3)N(c3ccccc3)C2=O)cc1. The maximum atomic E-state index is 13.2. The Labute approximate surface area is 158 Å². The normalized spacial score (nSPS) is 15.1. The molecule has 0 spiro atoms. The van der Waals surface area contributed by atoms with Gasteiger partial charge in [-0.1, -0.05) is 60.7 Å². The molecule has 3 nitrogen and oxygen atoms in total. The van der Waals surface area contributed by atoms with Crippen LogP contribution in [0.25, 0.3) is 11.8 Å². The first-order valence-corrected chi connectivity index (χ1v) is 8.78. The molecule has 0 radical (unpaired) electrons. The maximum absolute atomic E-state index is 13.2. The number of ether oxygens (including phenoxy) is 1. The Balaban J connectivity index is 1.78. The van der Waals surface area contributed by atoms with Gasteiger partial charge in [0.2, 0.25) is 0 Å². The topological polar surface area (TPSA) is 29.5 Å². The van der Waals surface area contributed by atoms with E-state index < -0.39 is 0 Å². The molecule has 3 heteroatoms. The summed E-state index contributed by atoms with van der Waals surface area (Å²) in [6.45, 7) is 0. The highest BCUT2D eigenvalue weighted by atomic mass is 16.5. The van der Waals surface area contributed by atoms with E-state index in [2.05, 4.69) is 0 Å². The van der Waals surface area contributed by atoms with Crippen LogP contribution in [-0.4, -0.2) is 13.0 Å². The Bertz CT molecular complexity index is 1000. The van der Waals surface area contributed by atoms with Crippen molar-refractivity contribution in [3.8, 4) is 5.75 Å². The van der Waals surface area contributed by atoms with Crippen LogP contribution >= 0.6 is 0 Å². The van der Waals surface area contributed by atoms with Gasteiger partial charge in [0.15, 0.2) is 0 Å². The van der Waals surface area contributed by atoms with Gasteiger partial charge in [0.05, 0.1) is 12.8 Å². The Morgan fingerprint density at radius 3 is 2.07 bits per heavy atom. The lowest BCUT2D eigenvalue weighted by Crippen LogP contribution is -2.24. The molecule has 0 fully saturated rings. The summed E-state index contributed by atoms with van der Waals surface area (Å²) in [5.41, 5.74) is 4.36. The van der Waals surface area contributed by atoms with E-state index in [1.807, 2.05) is 97.1 Å². The zero-order chi connectivity index (χ0) is 18.6. The zero-order valence-corrected chi connectivity index (χ0v) is 15.0. The van der Waals surface area contributed by atoms with Crippen molar-refractivity contribution < 1.29 is 9.53 Å². The Hall–Kier alpha value is -3.59. The van der Waals surface area contributed by atoms with E-state index in [0.717, 1.165) is 28.3 Å². The number of para-hydroxylation sites is 1. The fourth-order valence-electron chi connectivity index (χ4n) is 3.15. The van der Waals surface area contributed by atoms with E-state index >= 15 is 0 Å². The molecule has 3 aromatic carbocycles. The second kappa shape index (κ2) is 7.34. The molecule has 0 saturated heterocycles. The minimum atomic E-state index is -0.0316. The number of hydrogen-bond donors (Lipinski definition) is 0. The number of anilines is 1. The molecule has 0 bridgehead atoms.